The zero-order chi connectivity index (χ0) is 12.0. The summed E-state index contributed by atoms with van der Waals surface area (Å²) in [6.07, 6.45) is 2.03. The van der Waals surface area contributed by atoms with Gasteiger partial charge in [0, 0.05) is 12.5 Å². The Kier molecular flexibility index (Phi) is 5.25. The minimum Gasteiger partial charge on any atom is -0.466 e. The highest BCUT2D eigenvalue weighted by molar-refractivity contribution is 5.76. The van der Waals surface area contributed by atoms with Crippen LogP contribution in [0.1, 0.15) is 26.2 Å². The Balaban J connectivity index is 2.17. The third-order valence-electron chi connectivity index (χ3n) is 2.93. The molecule has 0 aromatic rings. The molecule has 1 heterocycles. The molecule has 0 aromatic carbocycles. The molecule has 0 spiro atoms. The van der Waals surface area contributed by atoms with E-state index in [4.69, 9.17) is 10.5 Å². The molecule has 1 aliphatic rings. The molecule has 0 saturated carbocycles. The normalized spacial score (nSPS) is 18.3. The van der Waals surface area contributed by atoms with Crippen LogP contribution in [-0.4, -0.2) is 43.0 Å². The van der Waals surface area contributed by atoms with Crippen molar-refractivity contribution < 1.29 is 14.3 Å². The summed E-state index contributed by atoms with van der Waals surface area (Å²) in [6, 6.07) is 0. The van der Waals surface area contributed by atoms with E-state index in [1.165, 1.54) is 0 Å². The van der Waals surface area contributed by atoms with Gasteiger partial charge in [0.15, 0.2) is 0 Å². The number of piperidine rings is 1. The topological polar surface area (TPSA) is 72.6 Å². The molecular formula is C11H20N2O3. The Morgan fingerprint density at radius 1 is 1.38 bits per heavy atom. The third-order valence-corrected chi connectivity index (χ3v) is 2.93. The lowest BCUT2D eigenvalue weighted by Crippen LogP contribution is -2.39. The molecule has 1 amide bonds. The van der Waals surface area contributed by atoms with Gasteiger partial charge in [-0.3, -0.25) is 9.59 Å². The SMILES string of the molecule is CCOC(=O)CCN1CCC(C(N)=O)CC1. The van der Waals surface area contributed by atoms with E-state index in [0.717, 1.165) is 25.9 Å². The zero-order valence-corrected chi connectivity index (χ0v) is 9.78. The van der Waals surface area contributed by atoms with Crippen LogP contribution in [0.2, 0.25) is 0 Å². The molecule has 92 valence electrons. The van der Waals surface area contributed by atoms with E-state index >= 15 is 0 Å². The van der Waals surface area contributed by atoms with E-state index in [9.17, 15) is 9.59 Å². The number of hydrogen-bond donors (Lipinski definition) is 1. The molecule has 1 rings (SSSR count). The average molecular weight is 228 g/mol. The summed E-state index contributed by atoms with van der Waals surface area (Å²) >= 11 is 0. The molecule has 0 aliphatic carbocycles. The summed E-state index contributed by atoms with van der Waals surface area (Å²) in [5.41, 5.74) is 5.24. The van der Waals surface area contributed by atoms with Crippen LogP contribution >= 0.6 is 0 Å². The van der Waals surface area contributed by atoms with Crippen molar-refractivity contribution in [3.63, 3.8) is 0 Å². The van der Waals surface area contributed by atoms with E-state index in [0.29, 0.717) is 19.6 Å². The van der Waals surface area contributed by atoms with Crippen molar-refractivity contribution in [2.75, 3.05) is 26.2 Å². The number of esters is 1. The standard InChI is InChI=1S/C11H20N2O3/c1-2-16-10(14)5-8-13-6-3-9(4-7-13)11(12)15/h9H,2-8H2,1H3,(H2,12,15). The summed E-state index contributed by atoms with van der Waals surface area (Å²) in [7, 11) is 0. The van der Waals surface area contributed by atoms with E-state index in [-0.39, 0.29) is 17.8 Å². The van der Waals surface area contributed by atoms with Crippen molar-refractivity contribution in [1.29, 1.82) is 0 Å². The van der Waals surface area contributed by atoms with Crippen molar-refractivity contribution in [2.45, 2.75) is 26.2 Å². The fourth-order valence-corrected chi connectivity index (χ4v) is 1.92. The first-order chi connectivity index (χ1) is 7.63. The van der Waals surface area contributed by atoms with Crippen molar-refractivity contribution in [2.24, 2.45) is 11.7 Å². The van der Waals surface area contributed by atoms with E-state index in [1.807, 2.05) is 0 Å². The predicted molar refractivity (Wildman–Crippen MR) is 59.6 cm³/mol. The maximum Gasteiger partial charge on any atom is 0.307 e. The number of hydrogen-bond acceptors (Lipinski definition) is 4. The molecule has 0 radical (unpaired) electrons. The molecular weight excluding hydrogens is 208 g/mol. The van der Waals surface area contributed by atoms with Gasteiger partial charge in [0.25, 0.3) is 0 Å². The van der Waals surface area contributed by atoms with Crippen molar-refractivity contribution >= 4 is 11.9 Å². The van der Waals surface area contributed by atoms with Crippen LogP contribution in [0.15, 0.2) is 0 Å². The first kappa shape index (κ1) is 13.0. The molecule has 5 heteroatoms. The van der Waals surface area contributed by atoms with Gasteiger partial charge in [-0.05, 0) is 32.9 Å². The largest absolute Gasteiger partial charge is 0.466 e. The van der Waals surface area contributed by atoms with E-state index in [1.54, 1.807) is 6.92 Å². The highest BCUT2D eigenvalue weighted by Crippen LogP contribution is 2.16. The van der Waals surface area contributed by atoms with Crippen molar-refractivity contribution in [1.82, 2.24) is 4.90 Å². The Labute approximate surface area is 95.9 Å². The molecule has 16 heavy (non-hydrogen) atoms. The van der Waals surface area contributed by atoms with Gasteiger partial charge in [0.05, 0.1) is 13.0 Å². The fourth-order valence-electron chi connectivity index (χ4n) is 1.92. The Morgan fingerprint density at radius 3 is 2.50 bits per heavy atom. The highest BCUT2D eigenvalue weighted by atomic mass is 16.5. The molecule has 1 fully saturated rings. The van der Waals surface area contributed by atoms with Crippen LogP contribution in [0.3, 0.4) is 0 Å². The van der Waals surface area contributed by atoms with Crippen LogP contribution < -0.4 is 5.73 Å². The molecule has 2 N–H and O–H groups in total. The summed E-state index contributed by atoms with van der Waals surface area (Å²) < 4.78 is 4.85. The Hall–Kier alpha value is -1.10. The molecule has 5 nitrogen and oxygen atoms in total. The predicted octanol–water partition coefficient (Wildman–Crippen LogP) is 0.137. The number of carbonyl (C=O) groups is 2. The third kappa shape index (κ3) is 4.18. The number of amides is 1. The molecule has 1 saturated heterocycles. The zero-order valence-electron chi connectivity index (χ0n) is 9.78. The summed E-state index contributed by atoms with van der Waals surface area (Å²) in [6.45, 7) is 4.63. The maximum atomic E-state index is 11.1. The molecule has 0 aromatic heterocycles. The smallest absolute Gasteiger partial charge is 0.307 e. The number of carbonyl (C=O) groups excluding carboxylic acids is 2. The second-order valence-electron chi connectivity index (χ2n) is 4.07. The van der Waals surface area contributed by atoms with Crippen molar-refractivity contribution in [3.8, 4) is 0 Å². The first-order valence-electron chi connectivity index (χ1n) is 5.80. The maximum absolute atomic E-state index is 11.1. The van der Waals surface area contributed by atoms with Gasteiger partial charge >= 0.3 is 5.97 Å². The minimum atomic E-state index is -0.204. The summed E-state index contributed by atoms with van der Waals surface area (Å²) in [5, 5.41) is 0. The van der Waals surface area contributed by atoms with Crippen LogP contribution in [0.4, 0.5) is 0 Å². The van der Waals surface area contributed by atoms with Gasteiger partial charge in [-0.15, -0.1) is 0 Å². The van der Waals surface area contributed by atoms with Gasteiger partial charge in [-0.25, -0.2) is 0 Å². The Bertz CT molecular complexity index is 248. The average Bonchev–Trinajstić information content (AvgIpc) is 2.27. The number of nitrogens with zero attached hydrogens (tertiary/aromatic N) is 1. The molecule has 0 atom stereocenters. The Morgan fingerprint density at radius 2 is 2.00 bits per heavy atom. The second-order valence-corrected chi connectivity index (χ2v) is 4.07. The van der Waals surface area contributed by atoms with Crippen LogP contribution in [-0.2, 0) is 14.3 Å². The fraction of sp³-hybridized carbons (Fsp3) is 0.818. The van der Waals surface area contributed by atoms with Gasteiger partial charge in [-0.1, -0.05) is 0 Å². The van der Waals surface area contributed by atoms with Crippen LogP contribution in [0, 0.1) is 5.92 Å². The summed E-state index contributed by atoms with van der Waals surface area (Å²) in [5.74, 6) is -0.344. The number of nitrogens with two attached hydrogens (primary N) is 1. The monoisotopic (exact) mass is 228 g/mol. The lowest BCUT2D eigenvalue weighted by Gasteiger charge is -2.30. The van der Waals surface area contributed by atoms with Gasteiger partial charge in [0.1, 0.15) is 0 Å². The molecule has 0 bridgehead atoms. The van der Waals surface area contributed by atoms with Gasteiger partial charge in [-0.2, -0.15) is 0 Å². The molecule has 0 unspecified atom stereocenters. The van der Waals surface area contributed by atoms with Gasteiger partial charge in [0.2, 0.25) is 5.91 Å². The van der Waals surface area contributed by atoms with Gasteiger partial charge < -0.3 is 15.4 Å². The lowest BCUT2D eigenvalue weighted by atomic mass is 9.96. The second kappa shape index (κ2) is 6.48. The minimum absolute atomic E-state index is 0.0128. The summed E-state index contributed by atoms with van der Waals surface area (Å²) in [4.78, 5) is 24.3. The van der Waals surface area contributed by atoms with E-state index in [2.05, 4.69) is 4.90 Å². The molecule has 1 aliphatic heterocycles. The number of rotatable bonds is 5. The first-order valence-corrected chi connectivity index (χ1v) is 5.80. The quantitative estimate of drug-likeness (QED) is 0.679. The highest BCUT2D eigenvalue weighted by Gasteiger charge is 2.23. The number of primary amides is 1. The van der Waals surface area contributed by atoms with E-state index < -0.39 is 0 Å². The number of ether oxygens (including phenoxy) is 1. The van der Waals surface area contributed by atoms with Crippen LogP contribution in [0.5, 0.6) is 0 Å². The van der Waals surface area contributed by atoms with Crippen molar-refractivity contribution in [3.05, 3.63) is 0 Å². The van der Waals surface area contributed by atoms with Crippen LogP contribution in [0.25, 0.3) is 0 Å². The lowest BCUT2D eigenvalue weighted by molar-refractivity contribution is -0.143. The number of likely N-dealkylation sites (tertiary alicyclic amines) is 1.